The molecule has 1 amide bonds. The van der Waals surface area contributed by atoms with Gasteiger partial charge in [-0.1, -0.05) is 61.0 Å². The lowest BCUT2D eigenvalue weighted by molar-refractivity contribution is 0.0954. The van der Waals surface area contributed by atoms with E-state index >= 15 is 0 Å². The smallest absolute Gasteiger partial charge is 0.251 e. The summed E-state index contributed by atoms with van der Waals surface area (Å²) >= 11 is 3.40. The van der Waals surface area contributed by atoms with E-state index in [1.165, 1.54) is 5.56 Å². The van der Waals surface area contributed by atoms with Gasteiger partial charge in [0, 0.05) is 23.0 Å². The normalized spacial score (nSPS) is 11.5. The Morgan fingerprint density at radius 2 is 1.71 bits per heavy atom. The Kier molecular flexibility index (Phi) is 7.37. The van der Waals surface area contributed by atoms with Gasteiger partial charge in [0.2, 0.25) is 0 Å². The highest BCUT2D eigenvalue weighted by atomic mass is 79.9. The lowest BCUT2D eigenvalue weighted by Crippen LogP contribution is -2.26. The molecule has 4 rings (SSSR count). The van der Waals surface area contributed by atoms with Crippen molar-refractivity contribution in [2.24, 2.45) is 0 Å². The van der Waals surface area contributed by atoms with Gasteiger partial charge in [0.05, 0.1) is 17.6 Å². The zero-order chi connectivity index (χ0) is 24.1. The van der Waals surface area contributed by atoms with Crippen LogP contribution in [0.25, 0.3) is 11.0 Å². The molecule has 0 unspecified atom stereocenters. The molecule has 0 aliphatic carbocycles. The average Bonchev–Trinajstić information content (AvgIpc) is 3.16. The molecule has 0 fully saturated rings. The Balaban J connectivity index is 1.39. The van der Waals surface area contributed by atoms with Crippen LogP contribution in [-0.4, -0.2) is 28.6 Å². The highest BCUT2D eigenvalue weighted by molar-refractivity contribution is 9.10. The van der Waals surface area contributed by atoms with Gasteiger partial charge < -0.3 is 14.6 Å². The number of hydrogen-bond acceptors (Lipinski definition) is 3. The van der Waals surface area contributed by atoms with Crippen molar-refractivity contribution in [1.82, 2.24) is 14.9 Å². The maximum absolute atomic E-state index is 12.4. The van der Waals surface area contributed by atoms with E-state index in [0.717, 1.165) is 27.1 Å². The molecule has 1 aromatic heterocycles. The van der Waals surface area contributed by atoms with E-state index < -0.39 is 0 Å². The van der Waals surface area contributed by atoms with Gasteiger partial charge in [0.1, 0.15) is 18.2 Å². The lowest BCUT2D eigenvalue weighted by Gasteiger charge is -2.19. The number of amides is 1. The quantitative estimate of drug-likeness (QED) is 0.303. The minimum Gasteiger partial charge on any atom is -0.492 e. The van der Waals surface area contributed by atoms with Gasteiger partial charge in [0.25, 0.3) is 5.91 Å². The second-order valence-corrected chi connectivity index (χ2v) is 10.2. The van der Waals surface area contributed by atoms with Crippen molar-refractivity contribution < 1.29 is 9.53 Å². The molecule has 5 nitrogen and oxygen atoms in total. The molecule has 176 valence electrons. The molecule has 0 radical (unpaired) electrons. The molecule has 6 heteroatoms. The van der Waals surface area contributed by atoms with Crippen LogP contribution in [0.15, 0.2) is 77.3 Å². The number of nitrogens with one attached hydrogen (secondary N) is 1. The van der Waals surface area contributed by atoms with Gasteiger partial charge in [-0.2, -0.15) is 0 Å². The molecule has 34 heavy (non-hydrogen) atoms. The SMILES string of the molecule is CC(C)(C)c1ccc(OCCn2c(CCNC(=O)c3ccc(Br)cc3)nc3ccccc32)cc1. The number of nitrogens with zero attached hydrogens (tertiary/aromatic N) is 2. The zero-order valence-electron chi connectivity index (χ0n) is 19.8. The third-order valence-corrected chi connectivity index (χ3v) is 6.31. The largest absolute Gasteiger partial charge is 0.492 e. The van der Waals surface area contributed by atoms with Crippen molar-refractivity contribution >= 4 is 32.9 Å². The fourth-order valence-corrected chi connectivity index (χ4v) is 4.13. The molecule has 0 spiro atoms. The summed E-state index contributed by atoms with van der Waals surface area (Å²) < 4.78 is 9.17. The number of hydrogen-bond donors (Lipinski definition) is 1. The van der Waals surface area contributed by atoms with Crippen LogP contribution < -0.4 is 10.1 Å². The van der Waals surface area contributed by atoms with Gasteiger partial charge in [-0.15, -0.1) is 0 Å². The van der Waals surface area contributed by atoms with E-state index in [0.29, 0.717) is 31.7 Å². The summed E-state index contributed by atoms with van der Waals surface area (Å²) in [6.07, 6.45) is 0.636. The van der Waals surface area contributed by atoms with Crippen molar-refractivity contribution in [3.05, 3.63) is 94.2 Å². The topological polar surface area (TPSA) is 56.1 Å². The number of halogens is 1. The summed E-state index contributed by atoms with van der Waals surface area (Å²) in [5.41, 5.74) is 4.07. The van der Waals surface area contributed by atoms with Crippen molar-refractivity contribution in [3.8, 4) is 5.75 Å². The Morgan fingerprint density at radius 3 is 2.41 bits per heavy atom. The minimum absolute atomic E-state index is 0.0859. The number of para-hydroxylation sites is 2. The Labute approximate surface area is 209 Å². The van der Waals surface area contributed by atoms with Crippen LogP contribution in [-0.2, 0) is 18.4 Å². The van der Waals surface area contributed by atoms with E-state index in [1.807, 2.05) is 42.5 Å². The summed E-state index contributed by atoms with van der Waals surface area (Å²) in [7, 11) is 0. The first-order valence-corrected chi connectivity index (χ1v) is 12.3. The van der Waals surface area contributed by atoms with Crippen molar-refractivity contribution in [2.75, 3.05) is 13.2 Å². The number of fused-ring (bicyclic) bond motifs is 1. The molecular weight excluding hydrogens is 490 g/mol. The molecule has 0 bridgehead atoms. The van der Waals surface area contributed by atoms with Gasteiger partial charge in [-0.05, 0) is 59.5 Å². The van der Waals surface area contributed by atoms with E-state index in [-0.39, 0.29) is 11.3 Å². The lowest BCUT2D eigenvalue weighted by atomic mass is 9.87. The van der Waals surface area contributed by atoms with Crippen molar-refractivity contribution in [3.63, 3.8) is 0 Å². The molecule has 0 aliphatic rings. The first-order chi connectivity index (χ1) is 16.3. The third-order valence-electron chi connectivity index (χ3n) is 5.78. The molecule has 0 saturated carbocycles. The predicted octanol–water partition coefficient (Wildman–Crippen LogP) is 6.15. The highest BCUT2D eigenvalue weighted by Crippen LogP contribution is 2.24. The summed E-state index contributed by atoms with van der Waals surface area (Å²) in [5.74, 6) is 1.71. The van der Waals surface area contributed by atoms with Crippen molar-refractivity contribution in [2.45, 2.75) is 39.2 Å². The van der Waals surface area contributed by atoms with E-state index in [4.69, 9.17) is 9.72 Å². The predicted molar refractivity (Wildman–Crippen MR) is 141 cm³/mol. The van der Waals surface area contributed by atoms with Crippen LogP contribution in [0.4, 0.5) is 0 Å². The number of carbonyl (C=O) groups excluding carboxylic acids is 1. The van der Waals surface area contributed by atoms with Crippen molar-refractivity contribution in [1.29, 1.82) is 0 Å². The van der Waals surface area contributed by atoms with Crippen LogP contribution in [0.1, 0.15) is 42.5 Å². The Morgan fingerprint density at radius 1 is 1.00 bits per heavy atom. The first-order valence-electron chi connectivity index (χ1n) is 11.5. The van der Waals surface area contributed by atoms with Gasteiger partial charge in [-0.3, -0.25) is 4.79 Å². The molecule has 1 heterocycles. The Bertz CT molecular complexity index is 1260. The number of rotatable bonds is 8. The summed E-state index contributed by atoms with van der Waals surface area (Å²) in [6, 6.07) is 23.8. The highest BCUT2D eigenvalue weighted by Gasteiger charge is 2.14. The molecule has 1 N–H and O–H groups in total. The van der Waals surface area contributed by atoms with Crippen LogP contribution in [0, 0.1) is 0 Å². The van der Waals surface area contributed by atoms with E-state index in [2.05, 4.69) is 64.8 Å². The molecular formula is C28H30BrN3O2. The summed E-state index contributed by atoms with van der Waals surface area (Å²) in [6.45, 7) is 8.33. The number of ether oxygens (including phenoxy) is 1. The number of benzene rings is 3. The standard InChI is InChI=1S/C28H30BrN3O2/c1-28(2,3)21-10-14-23(15-11-21)34-19-18-32-25-7-5-4-6-24(25)31-26(32)16-17-30-27(33)20-8-12-22(29)13-9-20/h4-15H,16-19H2,1-3H3,(H,30,33). The fourth-order valence-electron chi connectivity index (χ4n) is 3.86. The molecule has 0 saturated heterocycles. The maximum atomic E-state index is 12.4. The van der Waals surface area contributed by atoms with Gasteiger partial charge in [0.15, 0.2) is 0 Å². The molecule has 4 aromatic rings. The van der Waals surface area contributed by atoms with Gasteiger partial charge >= 0.3 is 0 Å². The zero-order valence-corrected chi connectivity index (χ0v) is 21.4. The number of aromatic nitrogens is 2. The molecule has 0 atom stereocenters. The number of imidazole rings is 1. The monoisotopic (exact) mass is 519 g/mol. The van der Waals surface area contributed by atoms with Gasteiger partial charge in [-0.25, -0.2) is 4.98 Å². The van der Waals surface area contributed by atoms with Crippen LogP contribution in [0.3, 0.4) is 0 Å². The second-order valence-electron chi connectivity index (χ2n) is 9.30. The molecule has 3 aromatic carbocycles. The van der Waals surface area contributed by atoms with Crippen LogP contribution in [0.5, 0.6) is 5.75 Å². The second kappa shape index (κ2) is 10.4. The Hall–Kier alpha value is -3.12. The van der Waals surface area contributed by atoms with E-state index in [9.17, 15) is 4.79 Å². The maximum Gasteiger partial charge on any atom is 0.251 e. The minimum atomic E-state index is -0.0859. The van der Waals surface area contributed by atoms with E-state index in [1.54, 1.807) is 12.1 Å². The average molecular weight is 520 g/mol. The first kappa shape index (κ1) is 24.0. The van der Waals surface area contributed by atoms with Crippen LogP contribution in [0.2, 0.25) is 0 Å². The fraction of sp³-hybridized carbons (Fsp3) is 0.286. The number of carbonyl (C=O) groups is 1. The van der Waals surface area contributed by atoms with Crippen LogP contribution >= 0.6 is 15.9 Å². The molecule has 0 aliphatic heterocycles. The summed E-state index contributed by atoms with van der Waals surface area (Å²) in [5, 5.41) is 3.00. The summed E-state index contributed by atoms with van der Waals surface area (Å²) in [4.78, 5) is 17.3. The third kappa shape index (κ3) is 5.86.